The Morgan fingerprint density at radius 3 is 2.77 bits per heavy atom. The van der Waals surface area contributed by atoms with Crippen LogP contribution < -0.4 is 5.56 Å². The molecule has 0 atom stereocenters. The molecule has 1 N–H and O–H groups in total. The summed E-state index contributed by atoms with van der Waals surface area (Å²) in [4.78, 5) is 19.8. The van der Waals surface area contributed by atoms with Gasteiger partial charge in [-0.1, -0.05) is 45.9 Å². The van der Waals surface area contributed by atoms with Gasteiger partial charge in [-0.05, 0) is 40.2 Å². The van der Waals surface area contributed by atoms with Crippen molar-refractivity contribution in [1.29, 1.82) is 0 Å². The highest BCUT2D eigenvalue weighted by Gasteiger charge is 2.11. The fraction of sp³-hybridized carbons (Fsp3) is 0.0588. The number of rotatable bonds is 4. The zero-order chi connectivity index (χ0) is 18.1. The van der Waals surface area contributed by atoms with Gasteiger partial charge in [-0.2, -0.15) is 0 Å². The normalized spacial score (nSPS) is 11.2. The molecule has 0 amide bonds. The molecule has 0 aliphatic carbocycles. The molecule has 0 aliphatic rings. The van der Waals surface area contributed by atoms with Crippen LogP contribution in [0.4, 0.5) is 0 Å². The van der Waals surface area contributed by atoms with E-state index < -0.39 is 0 Å². The molecule has 0 unspecified atom stereocenters. The second-order valence-corrected chi connectivity index (χ2v) is 8.12. The van der Waals surface area contributed by atoms with Crippen molar-refractivity contribution in [2.24, 2.45) is 0 Å². The highest BCUT2D eigenvalue weighted by atomic mass is 79.9. The number of halogens is 2. The van der Waals surface area contributed by atoms with Gasteiger partial charge in [0.2, 0.25) is 0 Å². The van der Waals surface area contributed by atoms with Crippen molar-refractivity contribution in [2.75, 3.05) is 0 Å². The molecule has 0 fully saturated rings. The Labute approximate surface area is 169 Å². The predicted molar refractivity (Wildman–Crippen MR) is 109 cm³/mol. The Morgan fingerprint density at radius 2 is 1.96 bits per heavy atom. The van der Waals surface area contributed by atoms with E-state index in [-0.39, 0.29) is 5.56 Å². The summed E-state index contributed by atoms with van der Waals surface area (Å²) in [5, 5.41) is 9.42. The van der Waals surface area contributed by atoms with E-state index in [2.05, 4.69) is 52.0 Å². The van der Waals surface area contributed by atoms with Crippen LogP contribution in [0.25, 0.3) is 16.6 Å². The SMILES string of the molecule is O=c1[nH]c(CSc2nncn2-c2ccccc2)nc2c(Br)cc(Br)cc12. The monoisotopic (exact) mass is 491 g/mol. The first-order valence-corrected chi connectivity index (χ1v) is 10.1. The van der Waals surface area contributed by atoms with Gasteiger partial charge >= 0.3 is 0 Å². The van der Waals surface area contributed by atoms with Gasteiger partial charge in [0.1, 0.15) is 12.2 Å². The van der Waals surface area contributed by atoms with Crippen molar-refractivity contribution in [2.45, 2.75) is 10.9 Å². The number of hydrogen-bond acceptors (Lipinski definition) is 5. The number of H-pyrrole nitrogens is 1. The lowest BCUT2D eigenvalue weighted by atomic mass is 10.2. The van der Waals surface area contributed by atoms with Crippen molar-refractivity contribution < 1.29 is 0 Å². The lowest BCUT2D eigenvalue weighted by Crippen LogP contribution is -2.11. The third kappa shape index (κ3) is 3.46. The lowest BCUT2D eigenvalue weighted by molar-refractivity contribution is 0.881. The molecule has 2 heterocycles. The maximum absolute atomic E-state index is 12.4. The molecule has 4 aromatic rings. The summed E-state index contributed by atoms with van der Waals surface area (Å²) in [7, 11) is 0. The smallest absolute Gasteiger partial charge is 0.258 e. The van der Waals surface area contributed by atoms with E-state index in [0.29, 0.717) is 22.5 Å². The molecule has 6 nitrogen and oxygen atoms in total. The first-order valence-electron chi connectivity index (χ1n) is 7.58. The maximum Gasteiger partial charge on any atom is 0.258 e. The largest absolute Gasteiger partial charge is 0.309 e. The number of aromatic nitrogens is 5. The van der Waals surface area contributed by atoms with E-state index >= 15 is 0 Å². The Morgan fingerprint density at radius 1 is 1.15 bits per heavy atom. The quantitative estimate of drug-likeness (QED) is 0.429. The van der Waals surface area contributed by atoms with Crippen molar-refractivity contribution >= 4 is 54.5 Å². The molecular formula is C17H11Br2N5OS. The van der Waals surface area contributed by atoms with Gasteiger partial charge < -0.3 is 4.98 Å². The van der Waals surface area contributed by atoms with Gasteiger partial charge in [0, 0.05) is 14.6 Å². The number of nitrogens with zero attached hydrogens (tertiary/aromatic N) is 4. The number of thioether (sulfide) groups is 1. The van der Waals surface area contributed by atoms with Crippen LogP contribution in [0.3, 0.4) is 0 Å². The third-order valence-corrected chi connectivity index (χ3v) is 5.68. The van der Waals surface area contributed by atoms with E-state index in [1.807, 2.05) is 41.0 Å². The molecule has 0 saturated carbocycles. The average Bonchev–Trinajstić information content (AvgIpc) is 3.10. The van der Waals surface area contributed by atoms with Gasteiger partial charge in [-0.3, -0.25) is 9.36 Å². The standard InChI is InChI=1S/C17H11Br2N5OS/c18-10-6-12-15(13(19)7-10)21-14(22-16(12)25)8-26-17-23-20-9-24(17)11-4-2-1-3-5-11/h1-7,9H,8H2,(H,21,22,25). The van der Waals surface area contributed by atoms with Gasteiger partial charge in [0.05, 0.1) is 16.7 Å². The van der Waals surface area contributed by atoms with E-state index in [1.54, 1.807) is 12.4 Å². The van der Waals surface area contributed by atoms with Gasteiger partial charge in [-0.25, -0.2) is 4.98 Å². The number of benzene rings is 2. The van der Waals surface area contributed by atoms with E-state index in [9.17, 15) is 4.79 Å². The zero-order valence-corrected chi connectivity index (χ0v) is 17.2. The number of nitrogens with one attached hydrogen (secondary N) is 1. The second kappa shape index (κ2) is 7.34. The molecule has 130 valence electrons. The number of aromatic amines is 1. The van der Waals surface area contributed by atoms with Gasteiger partial charge in [0.25, 0.3) is 5.56 Å². The summed E-state index contributed by atoms with van der Waals surface area (Å²) in [5.74, 6) is 1.05. The number of fused-ring (bicyclic) bond motifs is 1. The number of para-hydroxylation sites is 1. The topological polar surface area (TPSA) is 76.5 Å². The summed E-state index contributed by atoms with van der Waals surface area (Å²) < 4.78 is 3.49. The average molecular weight is 493 g/mol. The number of hydrogen-bond donors (Lipinski definition) is 1. The van der Waals surface area contributed by atoms with Crippen molar-refractivity contribution in [1.82, 2.24) is 24.7 Å². The molecule has 0 bridgehead atoms. The summed E-state index contributed by atoms with van der Waals surface area (Å²) in [6.45, 7) is 0. The summed E-state index contributed by atoms with van der Waals surface area (Å²) >= 11 is 8.32. The van der Waals surface area contributed by atoms with Crippen LogP contribution in [0.15, 0.2) is 67.7 Å². The minimum absolute atomic E-state index is 0.169. The molecule has 0 radical (unpaired) electrons. The van der Waals surface area contributed by atoms with Crippen molar-refractivity contribution in [3.8, 4) is 5.69 Å². The third-order valence-electron chi connectivity index (χ3n) is 3.67. The highest BCUT2D eigenvalue weighted by molar-refractivity contribution is 9.11. The molecule has 4 rings (SSSR count). The minimum atomic E-state index is -0.169. The van der Waals surface area contributed by atoms with Crippen LogP contribution in [0.2, 0.25) is 0 Å². The Bertz CT molecular complexity index is 1140. The Hall–Kier alpha value is -1.97. The maximum atomic E-state index is 12.4. The van der Waals surface area contributed by atoms with Crippen LogP contribution in [0.1, 0.15) is 5.82 Å². The van der Waals surface area contributed by atoms with Crippen molar-refractivity contribution in [3.63, 3.8) is 0 Å². The molecule has 2 aromatic carbocycles. The van der Waals surface area contributed by atoms with E-state index in [4.69, 9.17) is 0 Å². The van der Waals surface area contributed by atoms with Crippen molar-refractivity contribution in [3.05, 3.63) is 73.9 Å². The molecule has 9 heteroatoms. The molecule has 0 spiro atoms. The van der Waals surface area contributed by atoms with Crippen LogP contribution in [0.5, 0.6) is 0 Å². The van der Waals surface area contributed by atoms with Gasteiger partial charge in [-0.15, -0.1) is 10.2 Å². The van der Waals surface area contributed by atoms with Crippen LogP contribution in [0, 0.1) is 0 Å². The first kappa shape index (κ1) is 17.4. The summed E-state index contributed by atoms with van der Waals surface area (Å²) in [5.41, 5.74) is 1.45. The lowest BCUT2D eigenvalue weighted by Gasteiger charge is -2.07. The second-order valence-electron chi connectivity index (χ2n) is 5.40. The Balaban J connectivity index is 1.64. The molecule has 2 aromatic heterocycles. The predicted octanol–water partition coefficient (Wildman–Crippen LogP) is 4.32. The van der Waals surface area contributed by atoms with Crippen LogP contribution in [-0.4, -0.2) is 24.7 Å². The van der Waals surface area contributed by atoms with Crippen LogP contribution in [-0.2, 0) is 5.75 Å². The Kier molecular flexibility index (Phi) is 4.92. The fourth-order valence-electron chi connectivity index (χ4n) is 2.50. The highest BCUT2D eigenvalue weighted by Crippen LogP contribution is 2.26. The summed E-state index contributed by atoms with van der Waals surface area (Å²) in [6.07, 6.45) is 1.67. The minimum Gasteiger partial charge on any atom is -0.309 e. The molecular weight excluding hydrogens is 482 g/mol. The molecule has 26 heavy (non-hydrogen) atoms. The summed E-state index contributed by atoms with van der Waals surface area (Å²) in [6, 6.07) is 13.5. The molecule has 0 aliphatic heterocycles. The van der Waals surface area contributed by atoms with E-state index in [1.165, 1.54) is 11.8 Å². The zero-order valence-electron chi connectivity index (χ0n) is 13.2. The first-order chi connectivity index (χ1) is 12.6. The van der Waals surface area contributed by atoms with E-state index in [0.717, 1.165) is 19.8 Å². The van der Waals surface area contributed by atoms with Crippen LogP contribution >= 0.6 is 43.6 Å². The fourth-order valence-corrected chi connectivity index (χ4v) is 4.62. The molecule has 0 saturated heterocycles. The van der Waals surface area contributed by atoms with Gasteiger partial charge in [0.15, 0.2) is 5.16 Å².